The average molecular weight is 308 g/mol. The highest BCUT2D eigenvalue weighted by atomic mass is 19.4. The molecule has 0 bridgehead atoms. The molecule has 1 aliphatic carbocycles. The number of nitrogens with zero attached hydrogens (tertiary/aromatic N) is 2. The average Bonchev–Trinajstić information content (AvgIpc) is 3.20. The Morgan fingerprint density at radius 3 is 2.14 bits per heavy atom. The molecule has 0 aromatic carbocycles. The molecule has 0 unspecified atom stereocenters. The molecule has 1 aliphatic heterocycles. The standard InChI is InChI=1S/C13H19F3N2O3/c14-13(15,16)10-3-5-17(6-4-10)12(21)18(8-11(19)20)7-9-1-2-9/h9-10H,1-8H2,(H,19,20). The fourth-order valence-electron chi connectivity index (χ4n) is 2.58. The van der Waals surface area contributed by atoms with Gasteiger partial charge in [-0.2, -0.15) is 13.2 Å². The molecule has 0 aromatic rings. The maximum atomic E-state index is 12.6. The molecule has 1 heterocycles. The molecule has 0 atom stereocenters. The van der Waals surface area contributed by atoms with E-state index in [4.69, 9.17) is 5.11 Å². The minimum absolute atomic E-state index is 0.0315. The molecule has 1 saturated carbocycles. The quantitative estimate of drug-likeness (QED) is 0.866. The molecule has 2 fully saturated rings. The molecular formula is C13H19F3N2O3. The molecule has 5 nitrogen and oxygen atoms in total. The number of carbonyl (C=O) groups excluding carboxylic acids is 1. The maximum absolute atomic E-state index is 12.6. The van der Waals surface area contributed by atoms with Crippen LogP contribution in [-0.2, 0) is 4.79 Å². The Morgan fingerprint density at radius 2 is 1.71 bits per heavy atom. The zero-order chi connectivity index (χ0) is 15.6. The second-order valence-electron chi connectivity index (χ2n) is 5.80. The van der Waals surface area contributed by atoms with Crippen molar-refractivity contribution in [1.29, 1.82) is 0 Å². The van der Waals surface area contributed by atoms with Gasteiger partial charge in [0.15, 0.2) is 0 Å². The van der Waals surface area contributed by atoms with Crippen molar-refractivity contribution in [3.63, 3.8) is 0 Å². The molecule has 2 amide bonds. The summed E-state index contributed by atoms with van der Waals surface area (Å²) in [5.41, 5.74) is 0. The minimum atomic E-state index is -4.22. The number of urea groups is 1. The Kier molecular flexibility index (Phi) is 4.63. The minimum Gasteiger partial charge on any atom is -0.480 e. The van der Waals surface area contributed by atoms with Crippen molar-refractivity contribution in [3.8, 4) is 0 Å². The van der Waals surface area contributed by atoms with Gasteiger partial charge in [-0.25, -0.2) is 4.79 Å². The highest BCUT2D eigenvalue weighted by Gasteiger charge is 2.42. The monoisotopic (exact) mass is 308 g/mol. The zero-order valence-corrected chi connectivity index (χ0v) is 11.6. The van der Waals surface area contributed by atoms with Crippen LogP contribution in [0, 0.1) is 11.8 Å². The Balaban J connectivity index is 1.90. The Bertz CT molecular complexity index is 402. The summed E-state index contributed by atoms with van der Waals surface area (Å²) in [5, 5.41) is 8.85. The number of likely N-dealkylation sites (tertiary alicyclic amines) is 1. The van der Waals surface area contributed by atoms with Crippen molar-refractivity contribution in [3.05, 3.63) is 0 Å². The van der Waals surface area contributed by atoms with E-state index in [1.54, 1.807) is 0 Å². The largest absolute Gasteiger partial charge is 0.480 e. The molecule has 120 valence electrons. The first-order valence-electron chi connectivity index (χ1n) is 7.09. The summed E-state index contributed by atoms with van der Waals surface area (Å²) in [6.45, 7) is 0.0481. The highest BCUT2D eigenvalue weighted by Crippen LogP contribution is 2.35. The van der Waals surface area contributed by atoms with Crippen LogP contribution in [-0.4, -0.2) is 59.3 Å². The van der Waals surface area contributed by atoms with E-state index in [-0.39, 0.29) is 25.9 Å². The predicted octanol–water partition coefficient (Wildman–Crippen LogP) is 2.18. The van der Waals surface area contributed by atoms with Crippen LogP contribution < -0.4 is 0 Å². The first-order chi connectivity index (χ1) is 9.77. The number of carbonyl (C=O) groups is 2. The smallest absolute Gasteiger partial charge is 0.391 e. The number of piperidine rings is 1. The van der Waals surface area contributed by atoms with Gasteiger partial charge in [-0.1, -0.05) is 0 Å². The van der Waals surface area contributed by atoms with Crippen LogP contribution in [0.5, 0.6) is 0 Å². The summed E-state index contributed by atoms with van der Waals surface area (Å²) in [5.74, 6) is -2.13. The van der Waals surface area contributed by atoms with Crippen molar-refractivity contribution in [2.45, 2.75) is 31.9 Å². The third kappa shape index (κ3) is 4.50. The first kappa shape index (κ1) is 15.9. The van der Waals surface area contributed by atoms with Crippen LogP contribution in [0.15, 0.2) is 0 Å². The van der Waals surface area contributed by atoms with Crippen molar-refractivity contribution >= 4 is 12.0 Å². The summed E-state index contributed by atoms with van der Waals surface area (Å²) in [4.78, 5) is 25.7. The van der Waals surface area contributed by atoms with Crippen molar-refractivity contribution in [2.75, 3.05) is 26.2 Å². The Labute approximate surface area is 120 Å². The molecule has 0 aromatic heterocycles. The van der Waals surface area contributed by atoms with Crippen molar-refractivity contribution < 1.29 is 27.9 Å². The van der Waals surface area contributed by atoms with E-state index in [9.17, 15) is 22.8 Å². The van der Waals surface area contributed by atoms with Crippen LogP contribution in [0.2, 0.25) is 0 Å². The second-order valence-corrected chi connectivity index (χ2v) is 5.80. The molecular weight excluding hydrogens is 289 g/mol. The molecule has 21 heavy (non-hydrogen) atoms. The van der Waals surface area contributed by atoms with E-state index >= 15 is 0 Å². The number of hydrogen-bond acceptors (Lipinski definition) is 2. The van der Waals surface area contributed by atoms with E-state index in [2.05, 4.69) is 0 Å². The van der Waals surface area contributed by atoms with Crippen LogP contribution in [0.4, 0.5) is 18.0 Å². The molecule has 1 saturated heterocycles. The van der Waals surface area contributed by atoms with Crippen LogP contribution in [0.25, 0.3) is 0 Å². The molecule has 2 aliphatic rings. The molecule has 0 radical (unpaired) electrons. The summed E-state index contributed by atoms with van der Waals surface area (Å²) in [6.07, 6.45) is -2.50. The molecule has 0 spiro atoms. The summed E-state index contributed by atoms with van der Waals surface area (Å²) in [7, 11) is 0. The van der Waals surface area contributed by atoms with E-state index < -0.39 is 30.6 Å². The number of carboxylic acid groups (broad SMARTS) is 1. The first-order valence-corrected chi connectivity index (χ1v) is 7.09. The number of halogens is 3. The lowest BCUT2D eigenvalue weighted by molar-refractivity contribution is -0.183. The number of hydrogen-bond donors (Lipinski definition) is 1. The lowest BCUT2D eigenvalue weighted by Crippen LogP contribution is -2.50. The van der Waals surface area contributed by atoms with Gasteiger partial charge in [0.05, 0.1) is 5.92 Å². The lowest BCUT2D eigenvalue weighted by Gasteiger charge is -2.36. The normalized spacial score (nSPS) is 20.4. The molecule has 8 heteroatoms. The van der Waals surface area contributed by atoms with Gasteiger partial charge in [0.25, 0.3) is 0 Å². The van der Waals surface area contributed by atoms with E-state index in [1.807, 2.05) is 0 Å². The summed E-state index contributed by atoms with van der Waals surface area (Å²) < 4.78 is 37.8. The van der Waals surface area contributed by atoms with Gasteiger partial charge in [-0.15, -0.1) is 0 Å². The number of alkyl halides is 3. The Morgan fingerprint density at radius 1 is 1.14 bits per heavy atom. The second kappa shape index (κ2) is 6.11. The van der Waals surface area contributed by atoms with Gasteiger partial charge in [0, 0.05) is 19.6 Å². The molecule has 2 rings (SSSR count). The van der Waals surface area contributed by atoms with Crippen LogP contribution in [0.3, 0.4) is 0 Å². The third-order valence-corrected chi connectivity index (χ3v) is 4.00. The van der Waals surface area contributed by atoms with Gasteiger partial charge in [0.2, 0.25) is 0 Å². The summed E-state index contributed by atoms with van der Waals surface area (Å²) in [6, 6.07) is -0.454. The highest BCUT2D eigenvalue weighted by molar-refractivity contribution is 5.80. The molecule has 1 N–H and O–H groups in total. The van der Waals surface area contributed by atoms with Crippen molar-refractivity contribution in [2.24, 2.45) is 11.8 Å². The topological polar surface area (TPSA) is 60.9 Å². The van der Waals surface area contributed by atoms with Crippen molar-refractivity contribution in [1.82, 2.24) is 9.80 Å². The third-order valence-electron chi connectivity index (χ3n) is 4.00. The van der Waals surface area contributed by atoms with E-state index in [0.717, 1.165) is 12.8 Å². The Hall–Kier alpha value is -1.47. The number of carboxylic acids is 1. The van der Waals surface area contributed by atoms with Gasteiger partial charge in [0.1, 0.15) is 6.54 Å². The number of aliphatic carboxylic acids is 1. The van der Waals surface area contributed by atoms with Crippen LogP contribution >= 0.6 is 0 Å². The fraction of sp³-hybridized carbons (Fsp3) is 0.846. The van der Waals surface area contributed by atoms with Gasteiger partial charge in [-0.3, -0.25) is 4.79 Å². The lowest BCUT2D eigenvalue weighted by atomic mass is 9.96. The van der Waals surface area contributed by atoms with Crippen LogP contribution in [0.1, 0.15) is 25.7 Å². The van der Waals surface area contributed by atoms with E-state index in [0.29, 0.717) is 12.5 Å². The SMILES string of the molecule is O=C(O)CN(CC1CC1)C(=O)N1CCC(C(F)(F)F)CC1. The van der Waals surface area contributed by atoms with E-state index in [1.165, 1.54) is 9.80 Å². The van der Waals surface area contributed by atoms with Gasteiger partial charge < -0.3 is 14.9 Å². The maximum Gasteiger partial charge on any atom is 0.391 e. The van der Waals surface area contributed by atoms with Gasteiger partial charge in [-0.05, 0) is 31.6 Å². The summed E-state index contributed by atoms with van der Waals surface area (Å²) >= 11 is 0. The predicted molar refractivity (Wildman–Crippen MR) is 67.7 cm³/mol. The fourth-order valence-corrected chi connectivity index (χ4v) is 2.58. The zero-order valence-electron chi connectivity index (χ0n) is 11.6. The van der Waals surface area contributed by atoms with Gasteiger partial charge >= 0.3 is 18.2 Å². The number of amides is 2. The number of rotatable bonds is 4.